The first-order valence-corrected chi connectivity index (χ1v) is 7.15. The molecule has 0 bridgehead atoms. The van der Waals surface area contributed by atoms with E-state index in [4.69, 9.17) is 11.6 Å². The summed E-state index contributed by atoms with van der Waals surface area (Å²) >= 11 is 5.95. The molecule has 0 N–H and O–H groups in total. The highest BCUT2D eigenvalue weighted by atomic mass is 35.5. The predicted octanol–water partition coefficient (Wildman–Crippen LogP) is 1.85. The van der Waals surface area contributed by atoms with Crippen LogP contribution in [0.4, 0.5) is 0 Å². The molecule has 1 unspecified atom stereocenters. The predicted molar refractivity (Wildman–Crippen MR) is 86.6 cm³/mol. The lowest BCUT2D eigenvalue weighted by Crippen LogP contribution is -3.00. The molecule has 0 amide bonds. The zero-order valence-corrected chi connectivity index (χ0v) is 14.0. The van der Waals surface area contributed by atoms with Crippen LogP contribution in [0.15, 0.2) is 67.3 Å². The molecule has 1 nitrogen and oxygen atoms in total. The Hall–Kier alpha value is -1.28. The van der Waals surface area contributed by atoms with Crippen molar-refractivity contribution in [3.05, 3.63) is 83.4 Å². The summed E-state index contributed by atoms with van der Waals surface area (Å²) in [7, 11) is 4.46. The number of rotatable bonds is 5. The molecule has 0 fully saturated rings. The minimum absolute atomic E-state index is 0. The minimum atomic E-state index is 0. The van der Waals surface area contributed by atoms with Crippen molar-refractivity contribution in [3.8, 4) is 0 Å². The van der Waals surface area contributed by atoms with E-state index in [1.54, 1.807) is 0 Å². The number of halogens is 2. The molecule has 0 aromatic heterocycles. The largest absolute Gasteiger partial charge is 1.00 e. The van der Waals surface area contributed by atoms with Gasteiger partial charge in [-0.05, 0) is 18.2 Å². The average molecular weight is 322 g/mol. The third-order valence-electron chi connectivity index (χ3n) is 3.62. The van der Waals surface area contributed by atoms with E-state index in [1.165, 1.54) is 11.1 Å². The van der Waals surface area contributed by atoms with E-state index >= 15 is 0 Å². The molecule has 0 aliphatic heterocycles. The summed E-state index contributed by atoms with van der Waals surface area (Å²) in [5.74, 6) is 0. The molecule has 0 saturated carbocycles. The lowest BCUT2D eigenvalue weighted by molar-refractivity contribution is -0.927. The van der Waals surface area contributed by atoms with Gasteiger partial charge in [0.05, 0.1) is 14.1 Å². The Kier molecular flexibility index (Phi) is 6.47. The summed E-state index contributed by atoms with van der Waals surface area (Å²) in [6.07, 6.45) is 2.03. The van der Waals surface area contributed by atoms with Gasteiger partial charge in [0.2, 0.25) is 0 Å². The van der Waals surface area contributed by atoms with Gasteiger partial charge in [-0.1, -0.05) is 60.6 Å². The number of hydrogen-bond acceptors (Lipinski definition) is 0. The molecule has 0 aliphatic carbocycles. The van der Waals surface area contributed by atoms with Crippen molar-refractivity contribution >= 4 is 11.6 Å². The van der Waals surface area contributed by atoms with Crippen LogP contribution in [-0.2, 0) is 6.54 Å². The van der Waals surface area contributed by atoms with Crippen molar-refractivity contribution in [1.29, 1.82) is 0 Å². The van der Waals surface area contributed by atoms with E-state index in [2.05, 4.69) is 57.1 Å². The van der Waals surface area contributed by atoms with Gasteiger partial charge in [0.15, 0.2) is 0 Å². The van der Waals surface area contributed by atoms with Gasteiger partial charge in [-0.15, -0.1) is 0 Å². The van der Waals surface area contributed by atoms with Crippen molar-refractivity contribution in [2.45, 2.75) is 12.6 Å². The maximum Gasteiger partial charge on any atom is 0.133 e. The standard InChI is InChI=1S/C18H21ClN.ClH/c1-4-18(16-8-6-5-7-9-16)20(2,3)14-15-10-12-17(19)13-11-15;/h4-13,18H,1,14H2,2-3H3;1H/q+1;/p-1. The molecule has 112 valence electrons. The zero-order valence-electron chi connectivity index (χ0n) is 12.5. The molecule has 0 saturated heterocycles. The third kappa shape index (κ3) is 4.60. The van der Waals surface area contributed by atoms with Crippen LogP contribution in [0.1, 0.15) is 17.2 Å². The van der Waals surface area contributed by atoms with Crippen LogP contribution in [0, 0.1) is 0 Å². The van der Waals surface area contributed by atoms with E-state index in [1.807, 2.05) is 24.3 Å². The Morgan fingerprint density at radius 2 is 1.62 bits per heavy atom. The SMILES string of the molecule is C=CC(c1ccccc1)[N+](C)(C)Cc1ccc(Cl)cc1.[Cl-]. The highest BCUT2D eigenvalue weighted by molar-refractivity contribution is 6.30. The van der Waals surface area contributed by atoms with Crippen LogP contribution in [0.5, 0.6) is 0 Å². The number of hydrogen-bond donors (Lipinski definition) is 0. The maximum absolute atomic E-state index is 5.95. The Morgan fingerprint density at radius 1 is 1.05 bits per heavy atom. The fraction of sp³-hybridized carbons (Fsp3) is 0.222. The summed E-state index contributed by atoms with van der Waals surface area (Å²) in [5, 5.41) is 0.780. The molecule has 0 heterocycles. The Bertz CT molecular complexity index is 562. The molecule has 21 heavy (non-hydrogen) atoms. The Balaban J connectivity index is 0.00000220. The summed E-state index contributed by atoms with van der Waals surface area (Å²) in [6.45, 7) is 4.96. The van der Waals surface area contributed by atoms with Gasteiger partial charge in [0.1, 0.15) is 12.6 Å². The molecule has 0 aliphatic rings. The van der Waals surface area contributed by atoms with Crippen molar-refractivity contribution in [2.75, 3.05) is 14.1 Å². The molecule has 0 spiro atoms. The highest BCUT2D eigenvalue weighted by Crippen LogP contribution is 2.28. The number of nitrogens with zero attached hydrogens (tertiary/aromatic N) is 1. The molecule has 2 aromatic rings. The molecule has 2 aromatic carbocycles. The van der Waals surface area contributed by atoms with Gasteiger partial charge < -0.3 is 16.9 Å². The third-order valence-corrected chi connectivity index (χ3v) is 3.87. The van der Waals surface area contributed by atoms with Crippen LogP contribution in [-0.4, -0.2) is 18.6 Å². The van der Waals surface area contributed by atoms with E-state index < -0.39 is 0 Å². The summed E-state index contributed by atoms with van der Waals surface area (Å²) in [4.78, 5) is 0. The summed E-state index contributed by atoms with van der Waals surface area (Å²) < 4.78 is 0.829. The first kappa shape index (κ1) is 17.8. The van der Waals surface area contributed by atoms with Gasteiger partial charge in [-0.2, -0.15) is 0 Å². The quantitative estimate of drug-likeness (QED) is 0.582. The van der Waals surface area contributed by atoms with E-state index in [0.29, 0.717) is 0 Å². The second-order valence-corrected chi connectivity index (χ2v) is 6.09. The summed E-state index contributed by atoms with van der Waals surface area (Å²) in [5.41, 5.74) is 2.57. The fourth-order valence-corrected chi connectivity index (χ4v) is 2.76. The maximum atomic E-state index is 5.95. The van der Waals surface area contributed by atoms with Crippen LogP contribution in [0.25, 0.3) is 0 Å². The zero-order chi connectivity index (χ0) is 14.6. The lowest BCUT2D eigenvalue weighted by atomic mass is 10.0. The number of benzene rings is 2. The van der Waals surface area contributed by atoms with Gasteiger partial charge in [-0.3, -0.25) is 0 Å². The second-order valence-electron chi connectivity index (χ2n) is 5.65. The van der Waals surface area contributed by atoms with Crippen LogP contribution in [0.2, 0.25) is 5.02 Å². The highest BCUT2D eigenvalue weighted by Gasteiger charge is 2.27. The second kappa shape index (κ2) is 7.65. The van der Waals surface area contributed by atoms with Crippen molar-refractivity contribution < 1.29 is 16.9 Å². The van der Waals surface area contributed by atoms with E-state index in [9.17, 15) is 0 Å². The Morgan fingerprint density at radius 3 is 2.14 bits per heavy atom. The van der Waals surface area contributed by atoms with Crippen LogP contribution in [0.3, 0.4) is 0 Å². The topological polar surface area (TPSA) is 0 Å². The van der Waals surface area contributed by atoms with Gasteiger partial charge in [-0.25, -0.2) is 0 Å². The molecule has 2 rings (SSSR count). The lowest BCUT2D eigenvalue weighted by Gasteiger charge is -2.37. The van der Waals surface area contributed by atoms with E-state index in [0.717, 1.165) is 16.1 Å². The van der Waals surface area contributed by atoms with Crippen molar-refractivity contribution in [2.24, 2.45) is 0 Å². The van der Waals surface area contributed by atoms with Crippen LogP contribution >= 0.6 is 11.6 Å². The van der Waals surface area contributed by atoms with Gasteiger partial charge >= 0.3 is 0 Å². The minimum Gasteiger partial charge on any atom is -1.00 e. The van der Waals surface area contributed by atoms with Gasteiger partial charge in [0.25, 0.3) is 0 Å². The molecule has 0 radical (unpaired) electrons. The number of quaternary nitrogens is 1. The van der Waals surface area contributed by atoms with Crippen molar-refractivity contribution in [3.63, 3.8) is 0 Å². The normalized spacial score (nSPS) is 12.3. The van der Waals surface area contributed by atoms with E-state index in [-0.39, 0.29) is 18.4 Å². The first-order valence-electron chi connectivity index (χ1n) is 6.77. The first-order chi connectivity index (χ1) is 9.53. The monoisotopic (exact) mass is 321 g/mol. The molecule has 3 heteroatoms. The molecular formula is C18H21Cl2N. The number of likely N-dealkylation sites (N-methyl/N-ethyl adjacent to an activating group) is 1. The smallest absolute Gasteiger partial charge is 0.133 e. The van der Waals surface area contributed by atoms with Gasteiger partial charge in [0, 0.05) is 16.1 Å². The molecule has 1 atom stereocenters. The molecular weight excluding hydrogens is 301 g/mol. The Labute approximate surface area is 138 Å². The summed E-state index contributed by atoms with van der Waals surface area (Å²) in [6, 6.07) is 18.9. The van der Waals surface area contributed by atoms with Crippen molar-refractivity contribution in [1.82, 2.24) is 0 Å². The average Bonchev–Trinajstić information content (AvgIpc) is 2.43. The fourth-order valence-electron chi connectivity index (χ4n) is 2.63. The van der Waals surface area contributed by atoms with Crippen LogP contribution < -0.4 is 12.4 Å².